The molecule has 3 amide bonds. The number of hydrogen-bond acceptors (Lipinski definition) is 7. The Morgan fingerprint density at radius 2 is 1.60 bits per heavy atom. The van der Waals surface area contributed by atoms with Gasteiger partial charge in [-0.1, -0.05) is 36.4 Å². The third kappa shape index (κ3) is 10.4. The topological polar surface area (TPSA) is 129 Å². The van der Waals surface area contributed by atoms with Crippen LogP contribution in [0.2, 0.25) is 0 Å². The van der Waals surface area contributed by atoms with Crippen molar-refractivity contribution in [3.63, 3.8) is 0 Å². The zero-order valence-electron chi connectivity index (χ0n) is 24.6. The number of halogens is 3. The molecule has 1 aliphatic rings. The molecule has 0 aliphatic carbocycles. The molecule has 4 rings (SSSR count). The molecule has 3 aromatic rings. The van der Waals surface area contributed by atoms with E-state index in [1.54, 1.807) is 66.4 Å². The zero-order valence-corrected chi connectivity index (χ0v) is 24.6. The molecular weight excluding hydrogens is 589 g/mol. The number of alkyl halides is 3. The van der Waals surface area contributed by atoms with E-state index in [-0.39, 0.29) is 11.8 Å². The minimum Gasteiger partial charge on any atom is -0.406 e. The van der Waals surface area contributed by atoms with E-state index in [9.17, 15) is 27.6 Å². The molecule has 5 N–H and O–H groups in total. The summed E-state index contributed by atoms with van der Waals surface area (Å²) in [5, 5.41) is 8.75. The first kappa shape index (κ1) is 33.0. The standard InChI is InChI=1S/C32H35F3N6O4/c1-22(42)41-20-18-40(19-21-41)17-16-37-30(31(44)38-25-11-13-26(14-12-25)45-32(33,34)35)24-9-6-23(7-10-24)8-15-29(43)39-28-5-3-2-4-27(28)36/h2-15,30,37H,16-21,36H2,1H3,(H,38,44)(H,39,43)/b15-8+. The van der Waals surface area contributed by atoms with Gasteiger partial charge < -0.3 is 31.3 Å². The van der Waals surface area contributed by atoms with Crippen LogP contribution in [-0.4, -0.2) is 73.2 Å². The number of nitrogen functional groups attached to an aromatic ring is 1. The molecule has 0 spiro atoms. The van der Waals surface area contributed by atoms with Crippen molar-refractivity contribution in [2.75, 3.05) is 55.6 Å². The molecule has 0 radical (unpaired) electrons. The zero-order chi connectivity index (χ0) is 32.4. The lowest BCUT2D eigenvalue weighted by molar-refractivity contribution is -0.274. The summed E-state index contributed by atoms with van der Waals surface area (Å²) in [4.78, 5) is 41.4. The van der Waals surface area contributed by atoms with Gasteiger partial charge in [0.15, 0.2) is 0 Å². The maximum absolute atomic E-state index is 13.4. The molecule has 10 nitrogen and oxygen atoms in total. The SMILES string of the molecule is CC(=O)N1CCN(CCNC(C(=O)Nc2ccc(OC(F)(F)F)cc2)c2ccc(/C=C/C(=O)Nc3ccccc3N)cc2)CC1. The molecule has 0 bridgehead atoms. The fourth-order valence-electron chi connectivity index (χ4n) is 4.73. The predicted molar refractivity (Wildman–Crippen MR) is 166 cm³/mol. The summed E-state index contributed by atoms with van der Waals surface area (Å²) in [6.07, 6.45) is -1.81. The monoisotopic (exact) mass is 624 g/mol. The minimum absolute atomic E-state index is 0.0438. The predicted octanol–water partition coefficient (Wildman–Crippen LogP) is 4.25. The molecule has 3 aromatic carbocycles. The van der Waals surface area contributed by atoms with Crippen LogP contribution in [0.15, 0.2) is 78.9 Å². The van der Waals surface area contributed by atoms with Gasteiger partial charge in [0.1, 0.15) is 11.8 Å². The van der Waals surface area contributed by atoms with Crippen molar-refractivity contribution in [3.8, 4) is 5.75 Å². The van der Waals surface area contributed by atoms with Crippen molar-refractivity contribution in [2.45, 2.75) is 19.3 Å². The number of anilines is 3. The summed E-state index contributed by atoms with van der Waals surface area (Å²) in [6.45, 7) is 5.36. The molecule has 1 saturated heterocycles. The Kier molecular flexibility index (Phi) is 11.2. The molecule has 1 unspecified atom stereocenters. The van der Waals surface area contributed by atoms with Crippen LogP contribution in [0.1, 0.15) is 24.1 Å². The molecule has 1 heterocycles. The average Bonchev–Trinajstić information content (AvgIpc) is 3.00. The number of nitrogens with one attached hydrogen (secondary N) is 3. The molecule has 1 aliphatic heterocycles. The molecule has 1 fully saturated rings. The molecular formula is C32H35F3N6O4. The largest absolute Gasteiger partial charge is 0.573 e. The second-order valence-corrected chi connectivity index (χ2v) is 10.4. The van der Waals surface area contributed by atoms with Crippen molar-refractivity contribution in [2.24, 2.45) is 0 Å². The van der Waals surface area contributed by atoms with E-state index in [4.69, 9.17) is 5.73 Å². The van der Waals surface area contributed by atoms with Gasteiger partial charge in [-0.3, -0.25) is 19.3 Å². The van der Waals surface area contributed by atoms with E-state index in [0.717, 1.165) is 30.8 Å². The van der Waals surface area contributed by atoms with E-state index < -0.39 is 24.1 Å². The lowest BCUT2D eigenvalue weighted by Crippen LogP contribution is -2.49. The van der Waals surface area contributed by atoms with E-state index in [1.807, 2.05) is 0 Å². The molecule has 0 aromatic heterocycles. The summed E-state index contributed by atoms with van der Waals surface area (Å²) in [6, 6.07) is 18.1. The van der Waals surface area contributed by atoms with Gasteiger partial charge in [0.2, 0.25) is 17.7 Å². The van der Waals surface area contributed by atoms with Crippen molar-refractivity contribution >= 4 is 40.9 Å². The van der Waals surface area contributed by atoms with E-state index >= 15 is 0 Å². The number of ether oxygens (including phenoxy) is 1. The Labute approximate surface area is 259 Å². The lowest BCUT2D eigenvalue weighted by Gasteiger charge is -2.34. The Morgan fingerprint density at radius 3 is 2.22 bits per heavy atom. The van der Waals surface area contributed by atoms with Crippen LogP contribution in [0.5, 0.6) is 5.75 Å². The fourth-order valence-corrected chi connectivity index (χ4v) is 4.73. The van der Waals surface area contributed by atoms with Gasteiger partial charge in [0, 0.05) is 58.0 Å². The maximum Gasteiger partial charge on any atom is 0.573 e. The van der Waals surface area contributed by atoms with Crippen LogP contribution in [0.3, 0.4) is 0 Å². The van der Waals surface area contributed by atoms with Crippen LogP contribution in [0.4, 0.5) is 30.2 Å². The first-order chi connectivity index (χ1) is 21.5. The second-order valence-electron chi connectivity index (χ2n) is 10.4. The first-order valence-electron chi connectivity index (χ1n) is 14.3. The molecule has 238 valence electrons. The molecule has 45 heavy (non-hydrogen) atoms. The van der Waals surface area contributed by atoms with Gasteiger partial charge in [0.05, 0.1) is 11.4 Å². The van der Waals surface area contributed by atoms with Crippen LogP contribution in [0, 0.1) is 0 Å². The number of rotatable bonds is 11. The highest BCUT2D eigenvalue weighted by molar-refractivity contribution is 6.03. The summed E-state index contributed by atoms with van der Waals surface area (Å²) >= 11 is 0. The van der Waals surface area contributed by atoms with Gasteiger partial charge in [-0.25, -0.2) is 0 Å². The number of nitrogens with zero attached hydrogens (tertiary/aromatic N) is 2. The number of nitrogens with two attached hydrogens (primary N) is 1. The highest BCUT2D eigenvalue weighted by Gasteiger charge is 2.31. The minimum atomic E-state index is -4.82. The number of carbonyl (C=O) groups excluding carboxylic acids is 3. The van der Waals surface area contributed by atoms with Crippen LogP contribution < -0.4 is 26.4 Å². The second kappa shape index (κ2) is 15.2. The normalized spacial score (nSPS) is 14.6. The maximum atomic E-state index is 13.4. The van der Waals surface area contributed by atoms with Crippen molar-refractivity contribution in [1.29, 1.82) is 0 Å². The summed E-state index contributed by atoms with van der Waals surface area (Å²) in [5.74, 6) is -1.12. The van der Waals surface area contributed by atoms with Crippen LogP contribution >= 0.6 is 0 Å². The van der Waals surface area contributed by atoms with Gasteiger partial charge in [0.25, 0.3) is 0 Å². The van der Waals surface area contributed by atoms with Gasteiger partial charge >= 0.3 is 6.36 Å². The molecule has 0 saturated carbocycles. The Balaban J connectivity index is 1.41. The highest BCUT2D eigenvalue weighted by atomic mass is 19.4. The molecule has 13 heteroatoms. The van der Waals surface area contributed by atoms with Gasteiger partial charge in [-0.2, -0.15) is 0 Å². The number of piperazine rings is 1. The highest BCUT2D eigenvalue weighted by Crippen LogP contribution is 2.25. The van der Waals surface area contributed by atoms with Gasteiger partial charge in [-0.15, -0.1) is 13.2 Å². The quantitative estimate of drug-likeness (QED) is 0.186. The van der Waals surface area contributed by atoms with E-state index in [2.05, 4.69) is 25.6 Å². The van der Waals surface area contributed by atoms with Crippen molar-refractivity contribution in [1.82, 2.24) is 15.1 Å². The van der Waals surface area contributed by atoms with Gasteiger partial charge in [-0.05, 0) is 53.6 Å². The summed E-state index contributed by atoms with van der Waals surface area (Å²) < 4.78 is 41.5. The van der Waals surface area contributed by atoms with Crippen molar-refractivity contribution in [3.05, 3.63) is 90.0 Å². The Bertz CT molecular complexity index is 1490. The average molecular weight is 625 g/mol. The number of para-hydroxylation sites is 2. The number of amides is 3. The Hall–Kier alpha value is -4.88. The molecule has 1 atom stereocenters. The van der Waals surface area contributed by atoms with Crippen LogP contribution in [0.25, 0.3) is 6.08 Å². The Morgan fingerprint density at radius 1 is 0.933 bits per heavy atom. The smallest absolute Gasteiger partial charge is 0.406 e. The first-order valence-corrected chi connectivity index (χ1v) is 14.3. The van der Waals surface area contributed by atoms with E-state index in [1.165, 1.54) is 18.2 Å². The number of carbonyl (C=O) groups is 3. The number of benzene rings is 3. The van der Waals surface area contributed by atoms with Crippen LogP contribution in [-0.2, 0) is 14.4 Å². The number of hydrogen-bond donors (Lipinski definition) is 4. The lowest BCUT2D eigenvalue weighted by atomic mass is 10.0. The summed E-state index contributed by atoms with van der Waals surface area (Å²) in [5.41, 5.74) is 8.49. The van der Waals surface area contributed by atoms with Crippen molar-refractivity contribution < 1.29 is 32.3 Å². The van der Waals surface area contributed by atoms with E-state index in [0.29, 0.717) is 48.8 Å². The fraction of sp³-hybridized carbons (Fsp3) is 0.281. The third-order valence-corrected chi connectivity index (χ3v) is 7.13. The summed E-state index contributed by atoms with van der Waals surface area (Å²) in [7, 11) is 0. The third-order valence-electron chi connectivity index (χ3n) is 7.13.